The Bertz CT molecular complexity index is 265. The minimum absolute atomic E-state index is 0.0863. The molecule has 0 aliphatic heterocycles. The summed E-state index contributed by atoms with van der Waals surface area (Å²) in [4.78, 5) is 12.0. The van der Waals surface area contributed by atoms with Gasteiger partial charge in [-0.2, -0.15) is 0 Å². The van der Waals surface area contributed by atoms with E-state index in [2.05, 4.69) is 11.9 Å². The Kier molecular flexibility index (Phi) is 4.14. The van der Waals surface area contributed by atoms with E-state index < -0.39 is 11.0 Å². The van der Waals surface area contributed by atoms with E-state index in [0.717, 1.165) is 32.1 Å². The van der Waals surface area contributed by atoms with Gasteiger partial charge < -0.3 is 10.4 Å². The van der Waals surface area contributed by atoms with Gasteiger partial charge in [-0.25, -0.2) is 0 Å². The molecule has 0 bridgehead atoms. The third kappa shape index (κ3) is 2.46. The number of aliphatic hydroxyl groups is 1. The zero-order valence-electron chi connectivity index (χ0n) is 10.4. The molecule has 1 amide bonds. The predicted molar refractivity (Wildman–Crippen MR) is 65.0 cm³/mol. The first-order chi connectivity index (χ1) is 7.44. The summed E-state index contributed by atoms with van der Waals surface area (Å²) in [7, 11) is 0. The molecule has 16 heavy (non-hydrogen) atoms. The summed E-state index contributed by atoms with van der Waals surface area (Å²) < 4.78 is 0. The van der Waals surface area contributed by atoms with Crippen molar-refractivity contribution in [3.63, 3.8) is 0 Å². The van der Waals surface area contributed by atoms with E-state index >= 15 is 0 Å². The van der Waals surface area contributed by atoms with E-state index in [1.54, 1.807) is 6.08 Å². The van der Waals surface area contributed by atoms with Crippen LogP contribution in [0.3, 0.4) is 0 Å². The van der Waals surface area contributed by atoms with Gasteiger partial charge in [0.05, 0.1) is 11.0 Å². The van der Waals surface area contributed by atoms with Crippen LogP contribution >= 0.6 is 0 Å². The maximum atomic E-state index is 12.0. The van der Waals surface area contributed by atoms with Crippen molar-refractivity contribution in [2.75, 3.05) is 6.54 Å². The minimum atomic E-state index is -0.851. The van der Waals surface area contributed by atoms with Crippen molar-refractivity contribution in [2.24, 2.45) is 5.41 Å². The average molecular weight is 225 g/mol. The molecule has 0 radical (unpaired) electrons. The van der Waals surface area contributed by atoms with E-state index in [0.29, 0.717) is 6.54 Å². The van der Waals surface area contributed by atoms with Crippen molar-refractivity contribution in [2.45, 2.75) is 51.6 Å². The second-order valence-electron chi connectivity index (χ2n) is 5.22. The quantitative estimate of drug-likeness (QED) is 0.719. The first-order valence-corrected chi connectivity index (χ1v) is 6.05. The number of amides is 1. The molecule has 0 aromatic rings. The van der Waals surface area contributed by atoms with E-state index in [1.807, 2.05) is 13.8 Å². The molecule has 1 aliphatic carbocycles. The predicted octanol–water partition coefficient (Wildman–Crippen LogP) is 2.01. The Morgan fingerprint density at radius 2 is 2.00 bits per heavy atom. The van der Waals surface area contributed by atoms with Gasteiger partial charge in [0.15, 0.2) is 0 Å². The van der Waals surface area contributed by atoms with Crippen molar-refractivity contribution in [3.05, 3.63) is 12.7 Å². The van der Waals surface area contributed by atoms with Gasteiger partial charge in [0.25, 0.3) is 0 Å². The van der Waals surface area contributed by atoms with Crippen LogP contribution in [-0.4, -0.2) is 23.2 Å². The van der Waals surface area contributed by atoms with Crippen LogP contribution in [0, 0.1) is 5.41 Å². The van der Waals surface area contributed by atoms with Crippen LogP contribution in [0.4, 0.5) is 0 Å². The lowest BCUT2D eigenvalue weighted by Crippen LogP contribution is -2.54. The summed E-state index contributed by atoms with van der Waals surface area (Å²) in [5.74, 6) is -0.0863. The van der Waals surface area contributed by atoms with Crippen molar-refractivity contribution in [1.82, 2.24) is 5.32 Å². The number of nitrogens with one attached hydrogen (secondary N) is 1. The molecule has 92 valence electrons. The van der Waals surface area contributed by atoms with Crippen molar-refractivity contribution < 1.29 is 9.90 Å². The number of hydrogen-bond acceptors (Lipinski definition) is 2. The third-order valence-corrected chi connectivity index (χ3v) is 3.82. The number of carbonyl (C=O) groups is 1. The summed E-state index contributed by atoms with van der Waals surface area (Å²) >= 11 is 0. The molecule has 0 heterocycles. The van der Waals surface area contributed by atoms with Gasteiger partial charge in [-0.15, -0.1) is 6.58 Å². The summed E-state index contributed by atoms with van der Waals surface area (Å²) in [5.41, 5.74) is -1.58. The summed E-state index contributed by atoms with van der Waals surface area (Å²) in [6.45, 7) is 7.68. The molecule has 1 aliphatic rings. The van der Waals surface area contributed by atoms with Crippen LogP contribution < -0.4 is 5.32 Å². The molecule has 0 aromatic carbocycles. The highest BCUT2D eigenvalue weighted by atomic mass is 16.3. The first-order valence-electron chi connectivity index (χ1n) is 6.05. The van der Waals surface area contributed by atoms with Gasteiger partial charge >= 0.3 is 0 Å². The smallest absolute Gasteiger partial charge is 0.228 e. The lowest BCUT2D eigenvalue weighted by molar-refractivity contribution is -0.151. The highest BCUT2D eigenvalue weighted by Gasteiger charge is 2.48. The van der Waals surface area contributed by atoms with Crippen molar-refractivity contribution in [1.29, 1.82) is 0 Å². The third-order valence-electron chi connectivity index (χ3n) is 3.82. The van der Waals surface area contributed by atoms with Gasteiger partial charge in [-0.05, 0) is 26.7 Å². The monoisotopic (exact) mass is 225 g/mol. The fourth-order valence-corrected chi connectivity index (χ4v) is 2.36. The first kappa shape index (κ1) is 13.2. The van der Waals surface area contributed by atoms with Crippen LogP contribution in [0.2, 0.25) is 0 Å². The maximum Gasteiger partial charge on any atom is 0.228 e. The number of hydrogen-bond donors (Lipinski definition) is 2. The molecule has 1 saturated carbocycles. The molecule has 0 aromatic heterocycles. The Morgan fingerprint density at radius 1 is 1.44 bits per heavy atom. The SMILES string of the molecule is C=CCNC(=O)C(C)(C)C1(O)CCCCC1. The molecule has 0 atom stereocenters. The summed E-state index contributed by atoms with van der Waals surface area (Å²) in [6, 6.07) is 0. The molecule has 3 nitrogen and oxygen atoms in total. The average Bonchev–Trinajstić information content (AvgIpc) is 2.26. The van der Waals surface area contributed by atoms with E-state index in [9.17, 15) is 9.90 Å². The summed E-state index contributed by atoms with van der Waals surface area (Å²) in [5, 5.41) is 13.4. The second-order valence-corrected chi connectivity index (χ2v) is 5.22. The lowest BCUT2D eigenvalue weighted by Gasteiger charge is -2.44. The molecule has 2 N–H and O–H groups in total. The van der Waals surface area contributed by atoms with Crippen LogP contribution in [0.1, 0.15) is 46.0 Å². The fourth-order valence-electron chi connectivity index (χ4n) is 2.36. The highest BCUT2D eigenvalue weighted by molar-refractivity contribution is 5.83. The van der Waals surface area contributed by atoms with Crippen LogP contribution in [-0.2, 0) is 4.79 Å². The molecular formula is C13H23NO2. The molecule has 0 unspecified atom stereocenters. The Morgan fingerprint density at radius 3 is 2.50 bits per heavy atom. The molecule has 3 heteroatoms. The van der Waals surface area contributed by atoms with Gasteiger partial charge in [0, 0.05) is 6.54 Å². The normalized spacial score (nSPS) is 20.2. The van der Waals surface area contributed by atoms with Gasteiger partial charge in [0.1, 0.15) is 0 Å². The van der Waals surface area contributed by atoms with Crippen LogP contribution in [0.5, 0.6) is 0 Å². The molecule has 1 fully saturated rings. The second kappa shape index (κ2) is 5.00. The lowest BCUT2D eigenvalue weighted by atomic mass is 9.66. The van der Waals surface area contributed by atoms with E-state index in [4.69, 9.17) is 0 Å². The fraction of sp³-hybridized carbons (Fsp3) is 0.769. The van der Waals surface area contributed by atoms with Crippen LogP contribution in [0.25, 0.3) is 0 Å². The Hall–Kier alpha value is -0.830. The summed E-state index contributed by atoms with van der Waals surface area (Å²) in [6.07, 6.45) is 6.28. The van der Waals surface area contributed by atoms with Crippen molar-refractivity contribution >= 4 is 5.91 Å². The van der Waals surface area contributed by atoms with Gasteiger partial charge in [0.2, 0.25) is 5.91 Å². The standard InChI is InChI=1S/C13H23NO2/c1-4-10-14-11(15)12(2,3)13(16)8-6-5-7-9-13/h4,16H,1,5-10H2,2-3H3,(H,14,15). The Balaban J connectivity index is 2.73. The van der Waals surface area contributed by atoms with E-state index in [1.165, 1.54) is 0 Å². The van der Waals surface area contributed by atoms with Crippen LogP contribution in [0.15, 0.2) is 12.7 Å². The minimum Gasteiger partial charge on any atom is -0.389 e. The molecule has 0 saturated heterocycles. The zero-order valence-corrected chi connectivity index (χ0v) is 10.4. The Labute approximate surface area is 97.9 Å². The van der Waals surface area contributed by atoms with Gasteiger partial charge in [-0.1, -0.05) is 25.3 Å². The van der Waals surface area contributed by atoms with Crippen molar-refractivity contribution in [3.8, 4) is 0 Å². The van der Waals surface area contributed by atoms with E-state index in [-0.39, 0.29) is 5.91 Å². The van der Waals surface area contributed by atoms with Gasteiger partial charge in [-0.3, -0.25) is 4.79 Å². The molecule has 0 spiro atoms. The largest absolute Gasteiger partial charge is 0.389 e. The zero-order chi connectivity index (χ0) is 12.2. The maximum absolute atomic E-state index is 12.0. The number of rotatable bonds is 4. The topological polar surface area (TPSA) is 49.3 Å². The highest BCUT2D eigenvalue weighted by Crippen LogP contribution is 2.42. The molecule has 1 rings (SSSR count). The molecular weight excluding hydrogens is 202 g/mol. The number of carbonyl (C=O) groups excluding carboxylic acids is 1.